The molecule has 0 saturated heterocycles. The maximum Gasteiger partial charge on any atom is 0.265 e. The molecule has 1 aromatic heterocycles. The van der Waals surface area contributed by atoms with Crippen molar-refractivity contribution in [1.29, 1.82) is 0 Å². The first-order valence-electron chi connectivity index (χ1n) is 3.36. The highest BCUT2D eigenvalue weighted by atomic mass is 19.3. The Bertz CT molecular complexity index is 326. The van der Waals surface area contributed by atoms with Gasteiger partial charge in [0.1, 0.15) is 0 Å². The van der Waals surface area contributed by atoms with Crippen LogP contribution in [0.5, 0.6) is 0 Å². The zero-order valence-electron chi connectivity index (χ0n) is 6.51. The van der Waals surface area contributed by atoms with E-state index in [1.807, 2.05) is 0 Å². The monoisotopic (exact) mass is 167 g/mol. The van der Waals surface area contributed by atoms with Crippen LogP contribution in [0.1, 0.15) is 23.2 Å². The second kappa shape index (κ2) is 3.31. The summed E-state index contributed by atoms with van der Waals surface area (Å²) < 4.78 is 24.5. The van der Waals surface area contributed by atoms with Gasteiger partial charge in [0.15, 0.2) is 0 Å². The molecule has 0 atom stereocenters. The predicted octanol–water partition coefficient (Wildman–Crippen LogP) is 2.31. The highest BCUT2D eigenvalue weighted by molar-refractivity contribution is 5.35. The maximum absolute atomic E-state index is 12.2. The average molecular weight is 167 g/mol. The minimum atomic E-state index is -2.51. The summed E-state index contributed by atoms with van der Waals surface area (Å²) >= 11 is 0. The summed E-state index contributed by atoms with van der Waals surface area (Å²) in [6, 6.07) is 1.28. The quantitative estimate of drug-likeness (QED) is 0.585. The molecular formula is C9H7F2N. The molecule has 0 spiro atoms. The lowest BCUT2D eigenvalue weighted by molar-refractivity contribution is 0.150. The van der Waals surface area contributed by atoms with Crippen molar-refractivity contribution in [2.75, 3.05) is 0 Å². The summed E-state index contributed by atoms with van der Waals surface area (Å²) in [6.07, 6.45) is 3.93. The lowest BCUT2D eigenvalue weighted by Crippen LogP contribution is -1.93. The first kappa shape index (κ1) is 8.66. The van der Waals surface area contributed by atoms with Crippen molar-refractivity contribution in [3.8, 4) is 12.3 Å². The Labute approximate surface area is 69.4 Å². The molecule has 0 radical (unpaired) electrons. The third-order valence-electron chi connectivity index (χ3n) is 1.53. The molecule has 62 valence electrons. The van der Waals surface area contributed by atoms with Crippen molar-refractivity contribution in [2.45, 2.75) is 13.3 Å². The van der Waals surface area contributed by atoms with E-state index < -0.39 is 6.43 Å². The molecule has 0 aliphatic rings. The molecule has 1 heterocycles. The van der Waals surface area contributed by atoms with Gasteiger partial charge in [0, 0.05) is 23.0 Å². The van der Waals surface area contributed by atoms with Crippen LogP contribution in [0.15, 0.2) is 12.3 Å². The molecule has 0 N–H and O–H groups in total. The van der Waals surface area contributed by atoms with Gasteiger partial charge in [-0.1, -0.05) is 5.92 Å². The van der Waals surface area contributed by atoms with Crippen molar-refractivity contribution in [3.63, 3.8) is 0 Å². The van der Waals surface area contributed by atoms with Gasteiger partial charge in [0.2, 0.25) is 0 Å². The summed E-state index contributed by atoms with van der Waals surface area (Å²) in [4.78, 5) is 3.75. The van der Waals surface area contributed by atoms with Crippen LogP contribution in [0.25, 0.3) is 0 Å². The standard InChI is InChI=1S/C9H7F2N/c1-3-7-4-8(9(10)11)6(2)12-5-7/h1,4-5,9H,2H3. The van der Waals surface area contributed by atoms with Gasteiger partial charge in [0.25, 0.3) is 6.43 Å². The van der Waals surface area contributed by atoms with E-state index in [9.17, 15) is 8.78 Å². The highest BCUT2D eigenvalue weighted by Gasteiger charge is 2.11. The fourth-order valence-electron chi connectivity index (χ4n) is 0.850. The molecule has 1 rings (SSSR count). The molecule has 1 aromatic rings. The molecule has 0 unspecified atom stereocenters. The molecule has 1 nitrogen and oxygen atoms in total. The minimum absolute atomic E-state index is 0.0922. The van der Waals surface area contributed by atoms with Gasteiger partial charge in [-0.3, -0.25) is 4.98 Å². The van der Waals surface area contributed by atoms with E-state index >= 15 is 0 Å². The number of aromatic nitrogens is 1. The zero-order chi connectivity index (χ0) is 9.14. The van der Waals surface area contributed by atoms with Crippen LogP contribution in [-0.4, -0.2) is 4.98 Å². The molecule has 0 aliphatic heterocycles. The van der Waals surface area contributed by atoms with Crippen LogP contribution in [0.3, 0.4) is 0 Å². The number of hydrogen-bond acceptors (Lipinski definition) is 1. The summed E-state index contributed by atoms with van der Waals surface area (Å²) in [5, 5.41) is 0. The van der Waals surface area contributed by atoms with Crippen LogP contribution in [0.2, 0.25) is 0 Å². The van der Waals surface area contributed by atoms with Crippen molar-refractivity contribution in [3.05, 3.63) is 29.1 Å². The van der Waals surface area contributed by atoms with E-state index in [1.165, 1.54) is 19.2 Å². The number of pyridine rings is 1. The smallest absolute Gasteiger partial charge is 0.260 e. The summed E-state index contributed by atoms with van der Waals surface area (Å²) in [7, 11) is 0. The third kappa shape index (κ3) is 1.59. The van der Waals surface area contributed by atoms with E-state index in [0.717, 1.165) is 0 Å². The number of aryl methyl sites for hydroxylation is 1. The van der Waals surface area contributed by atoms with Crippen LogP contribution >= 0.6 is 0 Å². The van der Waals surface area contributed by atoms with Crippen LogP contribution in [0, 0.1) is 19.3 Å². The highest BCUT2D eigenvalue weighted by Crippen LogP contribution is 2.21. The topological polar surface area (TPSA) is 12.9 Å². The Hall–Kier alpha value is -1.43. The second-order valence-corrected chi connectivity index (χ2v) is 2.34. The normalized spacial score (nSPS) is 9.92. The fraction of sp³-hybridized carbons (Fsp3) is 0.222. The van der Waals surface area contributed by atoms with Crippen molar-refractivity contribution in [2.24, 2.45) is 0 Å². The summed E-state index contributed by atoms with van der Waals surface area (Å²) in [5.41, 5.74) is 0.616. The SMILES string of the molecule is C#Cc1cnc(C)c(C(F)F)c1. The largest absolute Gasteiger partial charge is 0.265 e. The minimum Gasteiger partial charge on any atom is -0.260 e. The number of alkyl halides is 2. The Morgan fingerprint density at radius 1 is 1.58 bits per heavy atom. The lowest BCUT2D eigenvalue weighted by atomic mass is 10.1. The molecule has 0 amide bonds. The van der Waals surface area contributed by atoms with Crippen molar-refractivity contribution in [1.82, 2.24) is 4.98 Å². The Morgan fingerprint density at radius 2 is 2.25 bits per heavy atom. The van der Waals surface area contributed by atoms with E-state index in [0.29, 0.717) is 11.3 Å². The summed E-state index contributed by atoms with van der Waals surface area (Å²) in [5.74, 6) is 2.25. The van der Waals surface area contributed by atoms with Crippen LogP contribution in [0.4, 0.5) is 8.78 Å². The zero-order valence-corrected chi connectivity index (χ0v) is 6.51. The molecule has 0 aromatic carbocycles. The lowest BCUT2D eigenvalue weighted by Gasteiger charge is -2.02. The van der Waals surface area contributed by atoms with Gasteiger partial charge in [-0.15, -0.1) is 6.42 Å². The fourth-order valence-corrected chi connectivity index (χ4v) is 0.850. The third-order valence-corrected chi connectivity index (χ3v) is 1.53. The number of hydrogen-bond donors (Lipinski definition) is 0. The van der Waals surface area contributed by atoms with E-state index in [4.69, 9.17) is 6.42 Å². The van der Waals surface area contributed by atoms with Gasteiger partial charge in [-0.05, 0) is 13.0 Å². The molecule has 12 heavy (non-hydrogen) atoms. The van der Waals surface area contributed by atoms with Crippen molar-refractivity contribution < 1.29 is 8.78 Å². The number of rotatable bonds is 1. The first-order chi connectivity index (χ1) is 5.65. The van der Waals surface area contributed by atoms with Gasteiger partial charge in [-0.2, -0.15) is 0 Å². The molecule has 0 fully saturated rings. The predicted molar refractivity (Wildman–Crippen MR) is 41.9 cm³/mol. The second-order valence-electron chi connectivity index (χ2n) is 2.34. The molecule has 0 saturated carbocycles. The number of nitrogens with zero attached hydrogens (tertiary/aromatic N) is 1. The van der Waals surface area contributed by atoms with Crippen LogP contribution < -0.4 is 0 Å². The van der Waals surface area contributed by atoms with Gasteiger partial charge < -0.3 is 0 Å². The Morgan fingerprint density at radius 3 is 2.75 bits per heavy atom. The van der Waals surface area contributed by atoms with Gasteiger partial charge in [0.05, 0.1) is 0 Å². The molecular weight excluding hydrogens is 160 g/mol. The first-order valence-corrected chi connectivity index (χ1v) is 3.36. The Kier molecular flexibility index (Phi) is 2.39. The van der Waals surface area contributed by atoms with E-state index in [-0.39, 0.29) is 5.56 Å². The van der Waals surface area contributed by atoms with Crippen molar-refractivity contribution >= 4 is 0 Å². The summed E-state index contributed by atoms with van der Waals surface area (Å²) in [6.45, 7) is 1.53. The average Bonchev–Trinajstić information content (AvgIpc) is 2.05. The maximum atomic E-state index is 12.2. The molecule has 0 bridgehead atoms. The van der Waals surface area contributed by atoms with E-state index in [2.05, 4.69) is 10.9 Å². The van der Waals surface area contributed by atoms with Gasteiger partial charge in [-0.25, -0.2) is 8.78 Å². The van der Waals surface area contributed by atoms with Gasteiger partial charge >= 0.3 is 0 Å². The number of halogens is 2. The van der Waals surface area contributed by atoms with Crippen LogP contribution in [-0.2, 0) is 0 Å². The molecule has 0 aliphatic carbocycles. The Balaban J connectivity index is 3.19. The van der Waals surface area contributed by atoms with E-state index in [1.54, 1.807) is 0 Å². The number of terminal acetylenes is 1. The molecule has 3 heteroatoms.